The molecule has 1 saturated heterocycles. The maximum Gasteiger partial charge on any atom is 0.238 e. The number of likely N-dealkylation sites (N-methyl/N-ethyl adjacent to an activating group) is 1. The number of hydrogen-bond donors (Lipinski definition) is 2. The average Bonchev–Trinajstić information content (AvgIpc) is 2.56. The van der Waals surface area contributed by atoms with E-state index in [1.54, 1.807) is 4.90 Å². The van der Waals surface area contributed by atoms with E-state index < -0.39 is 23.3 Å². The van der Waals surface area contributed by atoms with Crippen molar-refractivity contribution in [1.82, 2.24) is 9.80 Å². The third kappa shape index (κ3) is 4.96. The monoisotopic (exact) mass is 368 g/mol. The van der Waals surface area contributed by atoms with Crippen LogP contribution in [0.15, 0.2) is 0 Å². The van der Waals surface area contributed by atoms with Gasteiger partial charge in [-0.15, -0.1) is 0 Å². The summed E-state index contributed by atoms with van der Waals surface area (Å²) in [7, 11) is 3.68. The zero-order valence-corrected chi connectivity index (χ0v) is 17.0. The fourth-order valence-electron chi connectivity index (χ4n) is 4.04. The van der Waals surface area contributed by atoms with Crippen LogP contribution in [0, 0.1) is 17.8 Å². The van der Waals surface area contributed by atoms with Crippen molar-refractivity contribution in [2.45, 2.75) is 58.4 Å². The number of nitrogens with two attached hydrogens (primary N) is 2. The van der Waals surface area contributed by atoms with Gasteiger partial charge in [-0.3, -0.25) is 19.3 Å². The fourth-order valence-corrected chi connectivity index (χ4v) is 4.04. The van der Waals surface area contributed by atoms with Gasteiger partial charge in [0, 0.05) is 24.9 Å². The maximum atomic E-state index is 13.2. The molecule has 0 aromatic heterocycles. The second kappa shape index (κ2) is 9.35. The molecule has 0 aliphatic carbocycles. The van der Waals surface area contributed by atoms with Crippen molar-refractivity contribution < 1.29 is 14.4 Å². The van der Waals surface area contributed by atoms with E-state index in [0.717, 1.165) is 6.42 Å². The number of piperidine rings is 1. The molecule has 0 aromatic rings. The minimum absolute atomic E-state index is 0.0206. The van der Waals surface area contributed by atoms with Gasteiger partial charge < -0.3 is 16.4 Å². The number of hydrogen-bond acceptors (Lipinski definition) is 4. The Kier molecular flexibility index (Phi) is 8.06. The van der Waals surface area contributed by atoms with E-state index in [9.17, 15) is 14.4 Å². The van der Waals surface area contributed by atoms with Gasteiger partial charge >= 0.3 is 0 Å². The van der Waals surface area contributed by atoms with Crippen LogP contribution < -0.4 is 11.5 Å². The quantitative estimate of drug-likeness (QED) is 0.631. The molecule has 1 heterocycles. The largest absolute Gasteiger partial charge is 0.369 e. The average molecular weight is 369 g/mol. The van der Waals surface area contributed by atoms with Crippen LogP contribution >= 0.6 is 0 Å². The molecule has 2 atom stereocenters. The van der Waals surface area contributed by atoms with Crippen molar-refractivity contribution in [2.24, 2.45) is 29.2 Å². The number of likely N-dealkylation sites (tertiary alicyclic amines) is 1. The Morgan fingerprint density at radius 3 is 1.96 bits per heavy atom. The van der Waals surface area contributed by atoms with Gasteiger partial charge in [-0.1, -0.05) is 27.2 Å². The number of carbonyl (C=O) groups excluding carboxylic acids is 3. The lowest BCUT2D eigenvalue weighted by Crippen LogP contribution is -2.61. The Morgan fingerprint density at radius 1 is 1.08 bits per heavy atom. The maximum absolute atomic E-state index is 13.2. The first kappa shape index (κ1) is 22.4. The minimum atomic E-state index is -0.711. The molecule has 7 nitrogen and oxygen atoms in total. The minimum Gasteiger partial charge on any atom is -0.369 e. The predicted octanol–water partition coefficient (Wildman–Crippen LogP) is 0.958. The number of amides is 3. The Balaban J connectivity index is 2.96. The predicted molar refractivity (Wildman–Crippen MR) is 102 cm³/mol. The molecule has 2 unspecified atom stereocenters. The first-order chi connectivity index (χ1) is 12.1. The van der Waals surface area contributed by atoms with Crippen LogP contribution in [0.3, 0.4) is 0 Å². The van der Waals surface area contributed by atoms with Gasteiger partial charge in [-0.2, -0.15) is 0 Å². The highest BCUT2D eigenvalue weighted by atomic mass is 16.2. The lowest BCUT2D eigenvalue weighted by molar-refractivity contribution is -0.146. The van der Waals surface area contributed by atoms with E-state index in [1.807, 2.05) is 39.8 Å². The van der Waals surface area contributed by atoms with Crippen molar-refractivity contribution in [1.29, 1.82) is 0 Å². The standard InChI is InChI=1S/C19H36N4O3/c1-6-7-14(16(20)24)15(12-13(2)3)17(25)23-10-8-19(9-11-23,18(21)26)22(4)5/h13-15H,6-12H2,1-5H3,(H2,20,24)(H2,21,26). The molecular formula is C19H36N4O3. The van der Waals surface area contributed by atoms with Crippen molar-refractivity contribution in [2.75, 3.05) is 27.2 Å². The molecule has 4 N–H and O–H groups in total. The van der Waals surface area contributed by atoms with E-state index in [0.29, 0.717) is 44.7 Å². The SMILES string of the molecule is CCCC(C(N)=O)C(CC(C)C)C(=O)N1CCC(C(N)=O)(N(C)C)CC1. The topological polar surface area (TPSA) is 110 Å². The number of nitrogens with zero attached hydrogens (tertiary/aromatic N) is 2. The van der Waals surface area contributed by atoms with E-state index in [-0.39, 0.29) is 11.8 Å². The van der Waals surface area contributed by atoms with Crippen LogP contribution in [0.4, 0.5) is 0 Å². The number of rotatable bonds is 9. The Hall–Kier alpha value is -1.63. The van der Waals surface area contributed by atoms with Crippen LogP contribution in [0.5, 0.6) is 0 Å². The summed E-state index contributed by atoms with van der Waals surface area (Å²) in [6.07, 6.45) is 3.07. The van der Waals surface area contributed by atoms with Gasteiger partial charge in [0.2, 0.25) is 17.7 Å². The van der Waals surface area contributed by atoms with Gasteiger partial charge in [0.1, 0.15) is 5.54 Å². The molecule has 0 aromatic carbocycles. The lowest BCUT2D eigenvalue weighted by atomic mass is 9.80. The van der Waals surface area contributed by atoms with Crippen LogP contribution in [-0.2, 0) is 14.4 Å². The number of primary amides is 2. The smallest absolute Gasteiger partial charge is 0.238 e. The third-order valence-corrected chi connectivity index (χ3v) is 5.71. The van der Waals surface area contributed by atoms with Crippen LogP contribution in [0.2, 0.25) is 0 Å². The van der Waals surface area contributed by atoms with Crippen molar-refractivity contribution in [3.63, 3.8) is 0 Å². The Bertz CT molecular complexity index is 511. The summed E-state index contributed by atoms with van der Waals surface area (Å²) in [4.78, 5) is 40.8. The Labute approximate surface area is 157 Å². The first-order valence-electron chi connectivity index (χ1n) is 9.62. The summed E-state index contributed by atoms with van der Waals surface area (Å²) in [5.74, 6) is -1.32. The third-order valence-electron chi connectivity index (χ3n) is 5.71. The summed E-state index contributed by atoms with van der Waals surface area (Å²) in [5, 5.41) is 0. The molecule has 1 aliphatic heterocycles. The van der Waals surface area contributed by atoms with Gasteiger partial charge in [0.15, 0.2) is 0 Å². The van der Waals surface area contributed by atoms with Crippen molar-refractivity contribution >= 4 is 17.7 Å². The molecule has 1 fully saturated rings. The fraction of sp³-hybridized carbons (Fsp3) is 0.842. The summed E-state index contributed by atoms with van der Waals surface area (Å²) >= 11 is 0. The van der Waals surface area contributed by atoms with E-state index in [4.69, 9.17) is 11.5 Å². The summed E-state index contributed by atoms with van der Waals surface area (Å²) in [6, 6.07) is 0. The highest BCUT2D eigenvalue weighted by molar-refractivity contribution is 5.88. The molecule has 7 heteroatoms. The van der Waals surface area contributed by atoms with Crippen molar-refractivity contribution in [3.05, 3.63) is 0 Å². The normalized spacial score (nSPS) is 19.4. The highest BCUT2D eigenvalue weighted by Crippen LogP contribution is 2.31. The Morgan fingerprint density at radius 2 is 1.62 bits per heavy atom. The van der Waals surface area contributed by atoms with Gasteiger partial charge in [-0.05, 0) is 45.7 Å². The van der Waals surface area contributed by atoms with Gasteiger partial charge in [-0.25, -0.2) is 0 Å². The molecule has 150 valence electrons. The molecule has 0 spiro atoms. The second-order valence-corrected chi connectivity index (χ2v) is 8.15. The van der Waals surface area contributed by atoms with Crippen LogP contribution in [0.25, 0.3) is 0 Å². The summed E-state index contributed by atoms with van der Waals surface area (Å²) < 4.78 is 0. The van der Waals surface area contributed by atoms with E-state index >= 15 is 0 Å². The first-order valence-corrected chi connectivity index (χ1v) is 9.62. The van der Waals surface area contributed by atoms with Gasteiger partial charge in [0.05, 0.1) is 0 Å². The molecule has 26 heavy (non-hydrogen) atoms. The zero-order valence-electron chi connectivity index (χ0n) is 17.0. The zero-order chi connectivity index (χ0) is 20.1. The molecule has 1 aliphatic rings. The molecular weight excluding hydrogens is 332 g/mol. The van der Waals surface area contributed by atoms with Gasteiger partial charge in [0.25, 0.3) is 0 Å². The molecule has 1 rings (SSSR count). The molecule has 3 amide bonds. The molecule has 0 saturated carbocycles. The van der Waals surface area contributed by atoms with Crippen LogP contribution in [0.1, 0.15) is 52.9 Å². The highest BCUT2D eigenvalue weighted by Gasteiger charge is 2.44. The van der Waals surface area contributed by atoms with Crippen molar-refractivity contribution in [3.8, 4) is 0 Å². The second-order valence-electron chi connectivity index (χ2n) is 8.15. The van der Waals surface area contributed by atoms with E-state index in [1.165, 1.54) is 0 Å². The van der Waals surface area contributed by atoms with Crippen LogP contribution in [-0.4, -0.2) is 60.2 Å². The summed E-state index contributed by atoms with van der Waals surface area (Å²) in [6.45, 7) is 7.01. The molecule has 0 bridgehead atoms. The molecule has 0 radical (unpaired) electrons. The lowest BCUT2D eigenvalue weighted by Gasteiger charge is -2.44. The number of carbonyl (C=O) groups is 3. The summed E-state index contributed by atoms with van der Waals surface area (Å²) in [5.41, 5.74) is 10.5. The van der Waals surface area contributed by atoms with E-state index in [2.05, 4.69) is 0 Å².